The van der Waals surface area contributed by atoms with Crippen molar-refractivity contribution in [2.24, 2.45) is 0 Å². The van der Waals surface area contributed by atoms with E-state index in [-0.39, 0.29) is 17.0 Å². The summed E-state index contributed by atoms with van der Waals surface area (Å²) in [5.41, 5.74) is 0. The summed E-state index contributed by atoms with van der Waals surface area (Å²) in [6, 6.07) is 0. The third-order valence-electron chi connectivity index (χ3n) is 21.9. The predicted octanol–water partition coefficient (Wildman–Crippen LogP) is 30.2. The van der Waals surface area contributed by atoms with Crippen LogP contribution in [-0.2, 0) is 4.57 Å². The maximum Gasteiger partial charge on any atom is 0.0786 e. The lowest BCUT2D eigenvalue weighted by Crippen LogP contribution is -2.50. The molecule has 8 heteroatoms. The molecule has 0 atom stereocenters. The van der Waals surface area contributed by atoms with E-state index < -0.39 is 7.82 Å². The van der Waals surface area contributed by atoms with E-state index in [0.29, 0.717) is 0 Å². The molecule has 0 aliphatic rings. The molecule has 0 amide bonds. The van der Waals surface area contributed by atoms with Gasteiger partial charge in [-0.05, 0) is 77.0 Å². The topological polar surface area (TPSA) is 83.4 Å². The first-order valence-corrected chi connectivity index (χ1v) is 46.4. The first kappa shape index (κ1) is 103. The minimum absolute atomic E-state index is 0. The summed E-state index contributed by atoms with van der Waals surface area (Å²) in [7, 11) is -5.14. The average Bonchev–Trinajstić information content (AvgIpc) is 0.994. The molecule has 0 fully saturated rings. The lowest BCUT2D eigenvalue weighted by molar-refractivity contribution is -0.929. The molecule has 0 aromatic carbocycles. The molecule has 0 aliphatic heterocycles. The highest BCUT2D eigenvalue weighted by atomic mass is 79.9. The molecule has 0 aromatic heterocycles. The van der Waals surface area contributed by atoms with Crippen LogP contribution in [-0.4, -0.2) is 66.2 Å². The van der Waals surface area contributed by atoms with Gasteiger partial charge in [0.15, 0.2) is 0 Å². The van der Waals surface area contributed by atoms with Crippen molar-refractivity contribution in [2.45, 2.75) is 518 Å². The van der Waals surface area contributed by atoms with Crippen molar-refractivity contribution >= 4 is 24.8 Å². The first-order chi connectivity index (χ1) is 46.5. The lowest BCUT2D eigenvalue weighted by atomic mass is 10.0. The molecule has 0 heterocycles. The van der Waals surface area contributed by atoms with Crippen LogP contribution in [0.4, 0.5) is 0 Å². The van der Waals surface area contributed by atoms with Crippen molar-refractivity contribution in [3.8, 4) is 0 Å². The molecule has 0 aliphatic carbocycles. The standard InChI is InChI=1S/C72H148N.C16H36N.BrH.H3O4P/c1-5-9-13-17-21-25-29-33-37-41-45-49-53-57-61-65-69-73(70-66-62-58-54-50-46-42-38-34-30-26-22-18-14-10-6-2,71-67-63-59-55-51-47-43-39-35-31-27-23-19-15-11-7-3)72-68-64-60-56-52-48-44-40-36-32-28-24-20-16-12-8-4;1-5-9-13-17(14-10-6-2,15-11-7-3)16-12-8-4;;1-5(2,3)4/h5-72H2,1-4H3;5-16H2,1-4H3;1H;(H3,1,2,3,4)/q2*+1;;/p-2. The number of hydrogen-bond acceptors (Lipinski definition) is 3. The van der Waals surface area contributed by atoms with Crippen LogP contribution < -0.4 is 9.79 Å². The van der Waals surface area contributed by atoms with Crippen molar-refractivity contribution in [3.63, 3.8) is 0 Å². The Kier molecular flexibility index (Phi) is 94.2. The Morgan fingerprint density at radius 2 is 0.250 bits per heavy atom. The van der Waals surface area contributed by atoms with Crippen LogP contribution in [0.3, 0.4) is 0 Å². The summed E-state index contributed by atoms with van der Waals surface area (Å²) >= 11 is 0. The van der Waals surface area contributed by atoms with Crippen LogP contribution in [0, 0.1) is 0 Å². The Labute approximate surface area is 619 Å². The zero-order valence-electron chi connectivity index (χ0n) is 68.0. The quantitative estimate of drug-likeness (QED) is 0.0374. The molecule has 0 aromatic rings. The number of halogens is 1. The van der Waals surface area contributed by atoms with E-state index in [4.69, 9.17) is 19.2 Å². The van der Waals surface area contributed by atoms with E-state index in [9.17, 15) is 0 Å². The Hall–Kier alpha value is 0.510. The van der Waals surface area contributed by atoms with Gasteiger partial charge in [0, 0.05) is 0 Å². The van der Waals surface area contributed by atoms with E-state index in [2.05, 4.69) is 55.4 Å². The number of hydrogen-bond donors (Lipinski definition) is 1. The minimum atomic E-state index is -5.14. The molecule has 0 spiro atoms. The number of nitrogens with zero attached hydrogens (tertiary/aromatic N) is 2. The maximum atomic E-state index is 8.66. The summed E-state index contributed by atoms with van der Waals surface area (Å²) in [5, 5.41) is 0. The van der Waals surface area contributed by atoms with E-state index in [1.807, 2.05) is 0 Å². The summed E-state index contributed by atoms with van der Waals surface area (Å²) in [6.07, 6.45) is 106. The number of rotatable bonds is 80. The van der Waals surface area contributed by atoms with Gasteiger partial charge in [-0.3, -0.25) is 0 Å². The fourth-order valence-electron chi connectivity index (χ4n) is 15.3. The fraction of sp³-hybridized carbons (Fsp3) is 1.00. The molecular weight excluding hydrogens is 1260 g/mol. The molecule has 96 heavy (non-hydrogen) atoms. The predicted molar refractivity (Wildman–Crippen MR) is 437 cm³/mol. The van der Waals surface area contributed by atoms with Crippen molar-refractivity contribution in [1.29, 1.82) is 0 Å². The Morgan fingerprint density at radius 3 is 0.344 bits per heavy atom. The summed E-state index contributed by atoms with van der Waals surface area (Å²) in [6.45, 7) is 30.3. The summed E-state index contributed by atoms with van der Waals surface area (Å²) in [4.78, 5) is 24.3. The second-order valence-electron chi connectivity index (χ2n) is 31.6. The number of unbranched alkanes of at least 4 members (excludes halogenated alkanes) is 64. The number of quaternary nitrogens is 2. The van der Waals surface area contributed by atoms with Crippen molar-refractivity contribution < 1.29 is 28.2 Å². The minimum Gasteiger partial charge on any atom is -0.790 e. The number of phosphoric acid groups is 1. The molecule has 0 saturated carbocycles. The average molecular weight is 1450 g/mol. The third kappa shape index (κ3) is 88.7. The van der Waals surface area contributed by atoms with Crippen LogP contribution in [0.15, 0.2) is 0 Å². The molecule has 1 N–H and O–H groups in total. The van der Waals surface area contributed by atoms with Gasteiger partial charge in [-0.1, -0.05) is 441 Å². The second-order valence-corrected chi connectivity index (χ2v) is 32.5. The van der Waals surface area contributed by atoms with Crippen LogP contribution in [0.2, 0.25) is 0 Å². The Bertz CT molecular complexity index is 1200. The normalized spacial score (nSPS) is 11.9. The SMILES string of the molecule is Br.CCCCCCCCCCCCCCCCCC[N+](CCCCCCCCCCCCCCCCCC)(CCCCCCCCCCCCCCCCCC)CCCCCCCCCCCCCCCCCC.CCCC[N+](CCCC)(CCCC)CCCC.O=P([O-])([O-])O. The highest BCUT2D eigenvalue weighted by Gasteiger charge is 2.27. The summed E-state index contributed by atoms with van der Waals surface area (Å²) in [5.74, 6) is 0. The van der Waals surface area contributed by atoms with E-state index >= 15 is 0 Å². The van der Waals surface area contributed by atoms with Gasteiger partial charge in [0.25, 0.3) is 0 Å². The van der Waals surface area contributed by atoms with Crippen LogP contribution in [0.1, 0.15) is 518 Å². The molecule has 0 saturated heterocycles. The first-order valence-electron chi connectivity index (χ1n) is 44.9. The van der Waals surface area contributed by atoms with Crippen LogP contribution >= 0.6 is 24.8 Å². The zero-order chi connectivity index (χ0) is 70.1. The smallest absolute Gasteiger partial charge is 0.0786 e. The van der Waals surface area contributed by atoms with Crippen LogP contribution in [0.5, 0.6) is 0 Å². The van der Waals surface area contributed by atoms with E-state index in [1.54, 1.807) is 0 Å². The van der Waals surface area contributed by atoms with Crippen molar-refractivity contribution in [2.75, 3.05) is 52.4 Å². The monoisotopic (exact) mass is 1450 g/mol. The van der Waals surface area contributed by atoms with Gasteiger partial charge in [-0.2, -0.15) is 0 Å². The lowest BCUT2D eigenvalue weighted by Gasteiger charge is -2.40. The van der Waals surface area contributed by atoms with E-state index in [1.165, 1.54) is 524 Å². The molecule has 0 radical (unpaired) electrons. The molecule has 0 bridgehead atoms. The van der Waals surface area contributed by atoms with Crippen molar-refractivity contribution in [3.05, 3.63) is 0 Å². The van der Waals surface area contributed by atoms with E-state index in [0.717, 1.165) is 0 Å². The van der Waals surface area contributed by atoms with Gasteiger partial charge in [-0.15, -0.1) is 17.0 Å². The van der Waals surface area contributed by atoms with Crippen molar-refractivity contribution in [1.82, 2.24) is 0 Å². The van der Waals surface area contributed by atoms with Gasteiger partial charge in [0.2, 0.25) is 0 Å². The fourth-order valence-corrected chi connectivity index (χ4v) is 15.3. The van der Waals surface area contributed by atoms with Gasteiger partial charge in [0.1, 0.15) is 0 Å². The molecule has 6 nitrogen and oxygen atoms in total. The largest absolute Gasteiger partial charge is 0.790 e. The molecule has 0 unspecified atom stereocenters. The zero-order valence-corrected chi connectivity index (χ0v) is 70.6. The second kappa shape index (κ2) is 87.9. The van der Waals surface area contributed by atoms with Gasteiger partial charge in [-0.25, -0.2) is 0 Å². The molecular formula is C88H186BrN2O4P. The Morgan fingerprint density at radius 1 is 0.177 bits per heavy atom. The summed E-state index contributed by atoms with van der Waals surface area (Å²) < 4.78 is 11.6. The molecule has 0 rings (SSSR count). The molecule has 584 valence electrons. The Balaban J connectivity index is -0.00000155. The highest BCUT2D eigenvalue weighted by molar-refractivity contribution is 8.93. The maximum absolute atomic E-state index is 8.66. The van der Waals surface area contributed by atoms with Gasteiger partial charge < -0.3 is 28.2 Å². The van der Waals surface area contributed by atoms with Crippen LogP contribution in [0.25, 0.3) is 0 Å². The van der Waals surface area contributed by atoms with Gasteiger partial charge >= 0.3 is 0 Å². The highest BCUT2D eigenvalue weighted by Crippen LogP contribution is 2.24. The third-order valence-corrected chi connectivity index (χ3v) is 21.9. The van der Waals surface area contributed by atoms with Gasteiger partial charge in [0.05, 0.1) is 60.2 Å².